The van der Waals surface area contributed by atoms with Gasteiger partial charge in [-0.15, -0.1) is 0 Å². The molecule has 0 spiro atoms. The highest BCUT2D eigenvalue weighted by Crippen LogP contribution is 2.34. The van der Waals surface area contributed by atoms with Crippen molar-refractivity contribution in [1.29, 1.82) is 0 Å². The summed E-state index contributed by atoms with van der Waals surface area (Å²) >= 11 is 0. The zero-order valence-corrected chi connectivity index (χ0v) is 20.0. The molecule has 11 heteroatoms. The van der Waals surface area contributed by atoms with Crippen LogP contribution in [-0.4, -0.2) is 60.4 Å². The fourth-order valence-electron chi connectivity index (χ4n) is 5.22. The number of aromatic nitrogens is 1. The largest absolute Gasteiger partial charge is 0.356 e. The third-order valence-electron chi connectivity index (χ3n) is 7.19. The second kappa shape index (κ2) is 9.63. The summed E-state index contributed by atoms with van der Waals surface area (Å²) in [6, 6.07) is 9.77. The number of likely N-dealkylation sites (tertiary alicyclic amines) is 1. The van der Waals surface area contributed by atoms with E-state index in [0.29, 0.717) is 24.6 Å². The molecule has 2 aliphatic rings. The Hall–Kier alpha value is -2.89. The lowest BCUT2D eigenvalue weighted by atomic mass is 9.90. The van der Waals surface area contributed by atoms with Crippen LogP contribution in [0.2, 0.25) is 0 Å². The van der Waals surface area contributed by atoms with Crippen molar-refractivity contribution in [1.82, 2.24) is 14.4 Å². The Balaban J connectivity index is 1.14. The number of rotatable bonds is 6. The average molecular weight is 503 g/mol. The van der Waals surface area contributed by atoms with Gasteiger partial charge in [0.25, 0.3) is 5.69 Å². The predicted molar refractivity (Wildman–Crippen MR) is 127 cm³/mol. The predicted octanol–water partition coefficient (Wildman–Crippen LogP) is 4.16. The van der Waals surface area contributed by atoms with Crippen LogP contribution in [0.1, 0.15) is 37.3 Å². The molecule has 2 fully saturated rings. The van der Waals surface area contributed by atoms with Crippen molar-refractivity contribution in [2.75, 3.05) is 32.7 Å². The Bertz CT molecular complexity index is 1330. The van der Waals surface area contributed by atoms with E-state index >= 15 is 0 Å². The van der Waals surface area contributed by atoms with Crippen LogP contribution in [0.15, 0.2) is 51.9 Å². The Labute approximate surface area is 202 Å². The van der Waals surface area contributed by atoms with E-state index in [1.807, 2.05) is 0 Å². The summed E-state index contributed by atoms with van der Waals surface area (Å²) < 4.78 is 46.1. The third-order valence-corrected chi connectivity index (χ3v) is 9.09. The Morgan fingerprint density at radius 1 is 1.06 bits per heavy atom. The number of nitro benzene ring substituents is 1. The SMILES string of the molecule is O=[N+]([O-])c1cccc(S(=O)(=O)N2CCC(CN3CCC(c4noc5cc(F)ccc45)CC3)CC2)c1. The van der Waals surface area contributed by atoms with E-state index in [9.17, 15) is 22.9 Å². The molecule has 0 amide bonds. The molecule has 0 unspecified atom stereocenters. The molecule has 0 atom stereocenters. The number of piperidine rings is 2. The number of nitrogens with zero attached hydrogens (tertiary/aromatic N) is 4. The molecule has 2 aliphatic heterocycles. The molecule has 2 aromatic carbocycles. The Kier molecular flexibility index (Phi) is 6.56. The van der Waals surface area contributed by atoms with Gasteiger partial charge in [0.15, 0.2) is 5.58 Å². The van der Waals surface area contributed by atoms with Crippen LogP contribution in [-0.2, 0) is 10.0 Å². The van der Waals surface area contributed by atoms with Crippen LogP contribution in [0, 0.1) is 21.8 Å². The zero-order valence-electron chi connectivity index (χ0n) is 19.2. The molecular formula is C24H27FN4O5S. The molecule has 0 N–H and O–H groups in total. The van der Waals surface area contributed by atoms with Crippen molar-refractivity contribution in [3.8, 4) is 0 Å². The Morgan fingerprint density at radius 2 is 1.80 bits per heavy atom. The first-order valence-electron chi connectivity index (χ1n) is 11.8. The van der Waals surface area contributed by atoms with Crippen molar-refractivity contribution >= 4 is 26.7 Å². The minimum atomic E-state index is -3.75. The first kappa shape index (κ1) is 23.8. The van der Waals surface area contributed by atoms with Gasteiger partial charge in [0.1, 0.15) is 5.82 Å². The van der Waals surface area contributed by atoms with Crippen molar-refractivity contribution in [3.63, 3.8) is 0 Å². The number of fused-ring (bicyclic) bond motifs is 1. The van der Waals surface area contributed by atoms with Gasteiger partial charge in [-0.05, 0) is 62.9 Å². The van der Waals surface area contributed by atoms with Crippen molar-refractivity contribution in [2.24, 2.45) is 5.92 Å². The smallest absolute Gasteiger partial charge is 0.270 e. The van der Waals surface area contributed by atoms with E-state index < -0.39 is 14.9 Å². The Morgan fingerprint density at radius 3 is 2.51 bits per heavy atom. The molecular weight excluding hydrogens is 475 g/mol. The molecule has 3 aromatic rings. The van der Waals surface area contributed by atoms with Gasteiger partial charge in [-0.1, -0.05) is 11.2 Å². The topological polar surface area (TPSA) is 110 Å². The van der Waals surface area contributed by atoms with E-state index in [4.69, 9.17) is 4.52 Å². The lowest BCUT2D eigenvalue weighted by Crippen LogP contribution is -2.43. The first-order valence-corrected chi connectivity index (χ1v) is 13.3. The molecule has 3 heterocycles. The number of benzene rings is 2. The van der Waals surface area contributed by atoms with Gasteiger partial charge in [0, 0.05) is 49.1 Å². The van der Waals surface area contributed by atoms with E-state index in [1.165, 1.54) is 34.6 Å². The summed E-state index contributed by atoms with van der Waals surface area (Å²) in [5.41, 5.74) is 1.16. The summed E-state index contributed by atoms with van der Waals surface area (Å²) in [7, 11) is -3.75. The van der Waals surface area contributed by atoms with Crippen molar-refractivity contribution in [2.45, 2.75) is 36.5 Å². The van der Waals surface area contributed by atoms with Crippen LogP contribution in [0.4, 0.5) is 10.1 Å². The van der Waals surface area contributed by atoms with Gasteiger partial charge in [0.05, 0.1) is 15.5 Å². The van der Waals surface area contributed by atoms with Gasteiger partial charge in [-0.3, -0.25) is 10.1 Å². The minimum Gasteiger partial charge on any atom is -0.356 e. The summed E-state index contributed by atoms with van der Waals surface area (Å²) in [5, 5.41) is 16.1. The van der Waals surface area contributed by atoms with Crippen molar-refractivity contribution < 1.29 is 22.3 Å². The van der Waals surface area contributed by atoms with E-state index in [2.05, 4.69) is 10.1 Å². The second-order valence-corrected chi connectivity index (χ2v) is 11.3. The maximum Gasteiger partial charge on any atom is 0.270 e. The number of sulfonamides is 1. The highest BCUT2D eigenvalue weighted by molar-refractivity contribution is 7.89. The molecule has 5 rings (SSSR count). The number of non-ortho nitro benzene ring substituents is 1. The van der Waals surface area contributed by atoms with Gasteiger partial charge in [-0.25, -0.2) is 12.8 Å². The summed E-state index contributed by atoms with van der Waals surface area (Å²) in [4.78, 5) is 12.8. The molecule has 0 aliphatic carbocycles. The van der Waals surface area contributed by atoms with Gasteiger partial charge in [0.2, 0.25) is 10.0 Å². The van der Waals surface area contributed by atoms with E-state index in [1.54, 1.807) is 6.07 Å². The third kappa shape index (κ3) is 4.93. The van der Waals surface area contributed by atoms with Crippen LogP contribution < -0.4 is 0 Å². The summed E-state index contributed by atoms with van der Waals surface area (Å²) in [5.74, 6) is 0.345. The quantitative estimate of drug-likeness (QED) is 0.368. The fraction of sp³-hybridized carbons (Fsp3) is 0.458. The molecule has 0 saturated carbocycles. The normalized spacial score (nSPS) is 19.3. The standard InChI is InChI=1S/C24H27FN4O5S/c25-19-4-5-22-23(14-19)34-26-24(22)18-8-10-27(11-9-18)16-17-6-12-28(13-7-17)35(32,33)21-3-1-2-20(15-21)29(30)31/h1-5,14-15,17-18H,6-13,16H2. The van der Waals surface area contributed by atoms with Crippen LogP contribution in [0.3, 0.4) is 0 Å². The highest BCUT2D eigenvalue weighted by atomic mass is 32.2. The second-order valence-electron chi connectivity index (χ2n) is 9.39. The van der Waals surface area contributed by atoms with Gasteiger partial charge in [-0.2, -0.15) is 4.31 Å². The molecule has 35 heavy (non-hydrogen) atoms. The maximum absolute atomic E-state index is 13.4. The maximum atomic E-state index is 13.4. The number of halogens is 1. The molecule has 186 valence electrons. The first-order chi connectivity index (χ1) is 16.8. The zero-order chi connectivity index (χ0) is 24.6. The summed E-state index contributed by atoms with van der Waals surface area (Å²) in [6.07, 6.45) is 3.40. The van der Waals surface area contributed by atoms with Crippen LogP contribution >= 0.6 is 0 Å². The minimum absolute atomic E-state index is 0.0321. The lowest BCUT2D eigenvalue weighted by Gasteiger charge is -2.37. The number of nitro groups is 1. The molecule has 2 saturated heterocycles. The van der Waals surface area contributed by atoms with Gasteiger partial charge < -0.3 is 9.42 Å². The lowest BCUT2D eigenvalue weighted by molar-refractivity contribution is -0.385. The fourth-order valence-corrected chi connectivity index (χ4v) is 6.73. The van der Waals surface area contributed by atoms with Gasteiger partial charge >= 0.3 is 0 Å². The van der Waals surface area contributed by atoms with E-state index in [0.717, 1.165) is 62.5 Å². The van der Waals surface area contributed by atoms with Crippen LogP contribution in [0.5, 0.6) is 0 Å². The highest BCUT2D eigenvalue weighted by Gasteiger charge is 2.32. The van der Waals surface area contributed by atoms with E-state index in [-0.39, 0.29) is 22.3 Å². The molecule has 1 aromatic heterocycles. The number of hydrogen-bond donors (Lipinski definition) is 0. The summed E-state index contributed by atoms with van der Waals surface area (Å²) in [6.45, 7) is 3.59. The monoisotopic (exact) mass is 502 g/mol. The van der Waals surface area contributed by atoms with Crippen molar-refractivity contribution in [3.05, 3.63) is 64.1 Å². The number of hydrogen-bond acceptors (Lipinski definition) is 7. The van der Waals surface area contributed by atoms with Crippen LogP contribution in [0.25, 0.3) is 11.0 Å². The molecule has 9 nitrogen and oxygen atoms in total. The average Bonchev–Trinajstić information content (AvgIpc) is 3.28. The molecule has 0 radical (unpaired) electrons. The molecule has 0 bridgehead atoms.